The van der Waals surface area contributed by atoms with Crippen molar-refractivity contribution < 1.29 is 14.6 Å². The molecule has 1 atom stereocenters. The second kappa shape index (κ2) is 8.27. The molecule has 1 rings (SSSR count). The Bertz CT molecular complexity index is 447. The quantitative estimate of drug-likeness (QED) is 0.799. The Labute approximate surface area is 128 Å². The Morgan fingerprint density at radius 1 is 1.40 bits per heavy atom. The van der Waals surface area contributed by atoms with Crippen LogP contribution in [-0.2, 0) is 4.79 Å². The highest BCUT2D eigenvalue weighted by Crippen LogP contribution is 2.28. The molecule has 2 N–H and O–H groups in total. The van der Waals surface area contributed by atoms with Crippen molar-refractivity contribution >= 4 is 21.8 Å². The van der Waals surface area contributed by atoms with Gasteiger partial charge in [0.05, 0.1) is 6.10 Å². The summed E-state index contributed by atoms with van der Waals surface area (Å²) < 4.78 is 6.34. The van der Waals surface area contributed by atoms with Gasteiger partial charge in [0.25, 0.3) is 5.91 Å². The zero-order chi connectivity index (χ0) is 15.1. The van der Waals surface area contributed by atoms with E-state index in [9.17, 15) is 9.90 Å². The predicted octanol–water partition coefficient (Wildman–Crippen LogP) is 3.04. The van der Waals surface area contributed by atoms with Gasteiger partial charge in [0.2, 0.25) is 0 Å². The molecule has 0 aliphatic rings. The molecule has 0 saturated carbocycles. The number of ether oxygens (including phenoxy) is 1. The zero-order valence-electron chi connectivity index (χ0n) is 12.1. The number of hydrogen-bond acceptors (Lipinski definition) is 3. The molecule has 1 aromatic carbocycles. The van der Waals surface area contributed by atoms with Crippen molar-refractivity contribution in [3.63, 3.8) is 0 Å². The second-order valence-corrected chi connectivity index (χ2v) is 6.09. The van der Waals surface area contributed by atoms with E-state index < -0.39 is 6.10 Å². The molecule has 1 amide bonds. The van der Waals surface area contributed by atoms with E-state index in [1.54, 1.807) is 19.1 Å². The molecule has 0 heterocycles. The lowest BCUT2D eigenvalue weighted by Crippen LogP contribution is -2.30. The van der Waals surface area contributed by atoms with Gasteiger partial charge < -0.3 is 15.2 Å². The van der Waals surface area contributed by atoms with E-state index in [1.165, 1.54) is 0 Å². The van der Waals surface area contributed by atoms with Gasteiger partial charge in [-0.15, -0.1) is 0 Å². The van der Waals surface area contributed by atoms with Crippen LogP contribution in [0.25, 0.3) is 0 Å². The molecule has 0 aliphatic heterocycles. The first kappa shape index (κ1) is 17.0. The molecular formula is C15H22BrNO3. The molecule has 0 aromatic heterocycles. The number of benzene rings is 1. The molecule has 4 nitrogen and oxygen atoms in total. The van der Waals surface area contributed by atoms with Crippen LogP contribution in [0.1, 0.15) is 38.9 Å². The number of aliphatic hydroxyl groups is 1. The minimum absolute atomic E-state index is 0.0474. The lowest BCUT2D eigenvalue weighted by Gasteiger charge is -2.14. The van der Waals surface area contributed by atoms with Crippen LogP contribution in [0.3, 0.4) is 0 Å². The van der Waals surface area contributed by atoms with Crippen molar-refractivity contribution in [2.75, 3.05) is 13.2 Å². The Kier molecular flexibility index (Phi) is 7.02. The highest BCUT2D eigenvalue weighted by molar-refractivity contribution is 9.10. The molecular weight excluding hydrogens is 322 g/mol. The van der Waals surface area contributed by atoms with Gasteiger partial charge in [0.1, 0.15) is 5.75 Å². The topological polar surface area (TPSA) is 58.6 Å². The van der Waals surface area contributed by atoms with Gasteiger partial charge in [0.15, 0.2) is 6.61 Å². The maximum atomic E-state index is 11.7. The van der Waals surface area contributed by atoms with Crippen LogP contribution in [0, 0.1) is 5.92 Å². The van der Waals surface area contributed by atoms with Gasteiger partial charge in [-0.05, 0) is 31.4 Å². The van der Waals surface area contributed by atoms with E-state index in [0.717, 1.165) is 10.9 Å². The summed E-state index contributed by atoms with van der Waals surface area (Å²) in [6, 6.07) is 5.36. The fourth-order valence-corrected chi connectivity index (χ4v) is 2.01. The van der Waals surface area contributed by atoms with Crippen LogP contribution in [-0.4, -0.2) is 24.2 Å². The summed E-state index contributed by atoms with van der Waals surface area (Å²) in [6.45, 7) is 6.49. The molecule has 112 valence electrons. The number of hydrogen-bond donors (Lipinski definition) is 2. The molecule has 0 spiro atoms. The number of nitrogens with one attached hydrogen (secondary N) is 1. The Morgan fingerprint density at radius 2 is 2.10 bits per heavy atom. The minimum atomic E-state index is -0.637. The van der Waals surface area contributed by atoms with Crippen molar-refractivity contribution in [1.82, 2.24) is 5.32 Å². The summed E-state index contributed by atoms with van der Waals surface area (Å²) in [7, 11) is 0. The first-order chi connectivity index (χ1) is 9.40. The first-order valence-corrected chi connectivity index (χ1v) is 7.56. The summed E-state index contributed by atoms with van der Waals surface area (Å²) in [6.07, 6.45) is 0.309. The molecule has 0 fully saturated rings. The average Bonchev–Trinajstić information content (AvgIpc) is 2.35. The van der Waals surface area contributed by atoms with Gasteiger partial charge in [-0.1, -0.05) is 35.8 Å². The van der Waals surface area contributed by atoms with Crippen molar-refractivity contribution in [3.05, 3.63) is 28.2 Å². The van der Waals surface area contributed by atoms with Gasteiger partial charge >= 0.3 is 0 Å². The second-order valence-electron chi connectivity index (χ2n) is 5.18. The molecule has 1 aromatic rings. The number of rotatable bonds is 7. The molecule has 0 saturated heterocycles. The van der Waals surface area contributed by atoms with Crippen LogP contribution >= 0.6 is 15.9 Å². The van der Waals surface area contributed by atoms with Crippen molar-refractivity contribution in [1.29, 1.82) is 0 Å². The summed E-state index contributed by atoms with van der Waals surface area (Å²) in [5.74, 6) is 0.929. The average molecular weight is 344 g/mol. The van der Waals surface area contributed by atoms with Crippen LogP contribution in [0.15, 0.2) is 22.7 Å². The standard InChI is InChI=1S/C15H22BrNO3/c1-10(2)6-7-17-15(19)9-20-14-8-12(16)4-5-13(14)11(3)18/h4-5,8,10-11,18H,6-7,9H2,1-3H3,(H,17,19). The van der Waals surface area contributed by atoms with Crippen molar-refractivity contribution in [2.24, 2.45) is 5.92 Å². The molecule has 5 heteroatoms. The van der Waals surface area contributed by atoms with E-state index in [-0.39, 0.29) is 12.5 Å². The molecule has 0 aliphatic carbocycles. The van der Waals surface area contributed by atoms with Crippen LogP contribution < -0.4 is 10.1 Å². The highest BCUT2D eigenvalue weighted by atomic mass is 79.9. The predicted molar refractivity (Wildman–Crippen MR) is 82.7 cm³/mol. The number of halogens is 1. The van der Waals surface area contributed by atoms with E-state index in [4.69, 9.17) is 4.74 Å². The molecule has 1 unspecified atom stereocenters. The molecule has 0 radical (unpaired) electrons. The smallest absolute Gasteiger partial charge is 0.257 e. The fourth-order valence-electron chi connectivity index (χ4n) is 1.67. The fraction of sp³-hybridized carbons (Fsp3) is 0.533. The molecule has 0 bridgehead atoms. The third kappa shape index (κ3) is 5.92. The van der Waals surface area contributed by atoms with E-state index >= 15 is 0 Å². The SMILES string of the molecule is CC(C)CCNC(=O)COc1cc(Br)ccc1C(C)O. The summed E-state index contributed by atoms with van der Waals surface area (Å²) in [5.41, 5.74) is 0.670. The highest BCUT2D eigenvalue weighted by Gasteiger charge is 2.11. The van der Waals surface area contributed by atoms with Crippen LogP contribution in [0.5, 0.6) is 5.75 Å². The van der Waals surface area contributed by atoms with Gasteiger partial charge in [-0.2, -0.15) is 0 Å². The van der Waals surface area contributed by atoms with Crippen molar-refractivity contribution in [3.8, 4) is 5.75 Å². The third-order valence-corrected chi connectivity index (χ3v) is 3.32. The Balaban J connectivity index is 2.52. The Hall–Kier alpha value is -1.07. The summed E-state index contributed by atoms with van der Waals surface area (Å²) >= 11 is 3.35. The van der Waals surface area contributed by atoms with Crippen LogP contribution in [0.2, 0.25) is 0 Å². The van der Waals surface area contributed by atoms with Gasteiger partial charge in [-0.25, -0.2) is 0 Å². The Morgan fingerprint density at radius 3 is 2.70 bits per heavy atom. The van der Waals surface area contributed by atoms with Crippen LogP contribution in [0.4, 0.5) is 0 Å². The summed E-state index contributed by atoms with van der Waals surface area (Å²) in [4.78, 5) is 11.7. The largest absolute Gasteiger partial charge is 0.483 e. The lowest BCUT2D eigenvalue weighted by molar-refractivity contribution is -0.123. The maximum Gasteiger partial charge on any atom is 0.257 e. The molecule has 20 heavy (non-hydrogen) atoms. The lowest BCUT2D eigenvalue weighted by atomic mass is 10.1. The number of amides is 1. The monoisotopic (exact) mass is 343 g/mol. The number of aliphatic hydroxyl groups excluding tert-OH is 1. The maximum absolute atomic E-state index is 11.7. The van der Waals surface area contributed by atoms with E-state index in [1.807, 2.05) is 6.07 Å². The number of carbonyl (C=O) groups excluding carboxylic acids is 1. The van der Waals surface area contributed by atoms with E-state index in [2.05, 4.69) is 35.1 Å². The van der Waals surface area contributed by atoms with E-state index in [0.29, 0.717) is 23.8 Å². The first-order valence-electron chi connectivity index (χ1n) is 6.77. The minimum Gasteiger partial charge on any atom is -0.483 e. The third-order valence-electron chi connectivity index (χ3n) is 2.83. The summed E-state index contributed by atoms with van der Waals surface area (Å²) in [5, 5.41) is 12.5. The zero-order valence-corrected chi connectivity index (χ0v) is 13.7. The number of carbonyl (C=O) groups is 1. The normalized spacial score (nSPS) is 12.3. The van der Waals surface area contributed by atoms with Gasteiger partial charge in [0, 0.05) is 16.6 Å². The van der Waals surface area contributed by atoms with Gasteiger partial charge in [-0.3, -0.25) is 4.79 Å². The van der Waals surface area contributed by atoms with Crippen molar-refractivity contribution in [2.45, 2.75) is 33.3 Å².